The first-order chi connectivity index (χ1) is 6.36. The predicted octanol–water partition coefficient (Wildman–Crippen LogP) is 1.22. The molecule has 4 heteroatoms. The molecule has 0 radical (unpaired) electrons. The topological polar surface area (TPSA) is 34.2 Å². The number of pyridine rings is 1. The molecular formula is C9H11ClN2O. The summed E-state index contributed by atoms with van der Waals surface area (Å²) in [6, 6.07) is 2.42. The first kappa shape index (κ1) is 8.94. The van der Waals surface area contributed by atoms with E-state index in [0.717, 1.165) is 30.3 Å². The molecule has 0 amide bonds. The molecule has 0 bridgehead atoms. The fourth-order valence-corrected chi connectivity index (χ4v) is 1.34. The van der Waals surface area contributed by atoms with Gasteiger partial charge >= 0.3 is 0 Å². The van der Waals surface area contributed by atoms with Crippen molar-refractivity contribution in [3.05, 3.63) is 29.0 Å². The van der Waals surface area contributed by atoms with Crippen LogP contribution in [0.1, 0.15) is 5.56 Å². The molecule has 1 aliphatic rings. The highest BCUT2D eigenvalue weighted by atomic mass is 35.5. The molecule has 0 atom stereocenters. The fourth-order valence-electron chi connectivity index (χ4n) is 1.16. The molecule has 0 unspecified atom stereocenters. The minimum atomic E-state index is 0.490. The van der Waals surface area contributed by atoms with E-state index in [1.54, 1.807) is 12.4 Å². The Morgan fingerprint density at radius 1 is 1.62 bits per heavy atom. The highest BCUT2D eigenvalue weighted by Gasteiger charge is 2.17. The quantitative estimate of drug-likeness (QED) is 0.793. The van der Waals surface area contributed by atoms with Crippen molar-refractivity contribution < 1.29 is 4.74 Å². The van der Waals surface area contributed by atoms with Crippen LogP contribution in [0.15, 0.2) is 18.5 Å². The van der Waals surface area contributed by atoms with Gasteiger partial charge in [-0.2, -0.15) is 0 Å². The zero-order valence-electron chi connectivity index (χ0n) is 7.16. The Balaban J connectivity index is 1.89. The number of nitrogens with zero attached hydrogens (tertiary/aromatic N) is 1. The first-order valence-electron chi connectivity index (χ1n) is 4.26. The summed E-state index contributed by atoms with van der Waals surface area (Å²) in [6.07, 6.45) is 3.41. The number of rotatable bonds is 3. The van der Waals surface area contributed by atoms with Gasteiger partial charge in [0, 0.05) is 18.9 Å². The Kier molecular flexibility index (Phi) is 2.78. The van der Waals surface area contributed by atoms with Crippen molar-refractivity contribution >= 4 is 11.6 Å². The minimum Gasteiger partial charge on any atom is -0.378 e. The van der Waals surface area contributed by atoms with Crippen LogP contribution in [0.3, 0.4) is 0 Å². The maximum absolute atomic E-state index is 5.94. The Labute approximate surface area is 82.1 Å². The molecule has 1 saturated heterocycles. The van der Waals surface area contributed by atoms with Gasteiger partial charge in [0.1, 0.15) is 0 Å². The van der Waals surface area contributed by atoms with E-state index in [9.17, 15) is 0 Å². The van der Waals surface area contributed by atoms with Crippen LogP contribution in [-0.2, 0) is 11.3 Å². The first-order valence-corrected chi connectivity index (χ1v) is 4.63. The number of nitrogens with one attached hydrogen (secondary N) is 1. The van der Waals surface area contributed by atoms with Gasteiger partial charge in [0.2, 0.25) is 0 Å². The van der Waals surface area contributed by atoms with E-state index < -0.39 is 0 Å². The fraction of sp³-hybridized carbons (Fsp3) is 0.444. The lowest BCUT2D eigenvalue weighted by Crippen LogP contribution is -2.45. The smallest absolute Gasteiger partial charge is 0.0643 e. The highest BCUT2D eigenvalue weighted by Crippen LogP contribution is 2.13. The molecule has 70 valence electrons. The van der Waals surface area contributed by atoms with Gasteiger partial charge in [0.25, 0.3) is 0 Å². The maximum atomic E-state index is 5.94. The lowest BCUT2D eigenvalue weighted by molar-refractivity contribution is -0.00578. The normalized spacial score (nSPS) is 17.0. The molecule has 2 rings (SSSR count). The van der Waals surface area contributed by atoms with Crippen LogP contribution < -0.4 is 5.32 Å². The Bertz CT molecular complexity index is 289. The van der Waals surface area contributed by atoms with Gasteiger partial charge in [-0.05, 0) is 11.6 Å². The van der Waals surface area contributed by atoms with Gasteiger partial charge in [-0.3, -0.25) is 4.98 Å². The van der Waals surface area contributed by atoms with Crippen molar-refractivity contribution in [1.82, 2.24) is 10.3 Å². The van der Waals surface area contributed by atoms with E-state index in [0.29, 0.717) is 6.04 Å². The number of hydrogen-bond donors (Lipinski definition) is 1. The van der Waals surface area contributed by atoms with E-state index in [2.05, 4.69) is 10.3 Å². The average molecular weight is 199 g/mol. The molecule has 13 heavy (non-hydrogen) atoms. The largest absolute Gasteiger partial charge is 0.378 e. The van der Waals surface area contributed by atoms with Crippen LogP contribution >= 0.6 is 11.6 Å². The standard InChI is InChI=1S/C9H11ClN2O/c10-9-4-11-2-1-7(9)3-12-8-5-13-6-8/h1-2,4,8,12H,3,5-6H2. The number of halogens is 1. The summed E-state index contributed by atoms with van der Waals surface area (Å²) in [7, 11) is 0. The van der Waals surface area contributed by atoms with Crippen LogP contribution in [0.4, 0.5) is 0 Å². The van der Waals surface area contributed by atoms with Crippen LogP contribution in [-0.4, -0.2) is 24.2 Å². The molecule has 0 aliphatic carbocycles. The second-order valence-electron chi connectivity index (χ2n) is 3.08. The molecular weight excluding hydrogens is 188 g/mol. The molecule has 3 nitrogen and oxygen atoms in total. The second kappa shape index (κ2) is 4.05. The van der Waals surface area contributed by atoms with Crippen LogP contribution in [0.5, 0.6) is 0 Å². The summed E-state index contributed by atoms with van der Waals surface area (Å²) >= 11 is 5.94. The van der Waals surface area contributed by atoms with E-state index in [1.165, 1.54) is 0 Å². The molecule has 1 fully saturated rings. The highest BCUT2D eigenvalue weighted by molar-refractivity contribution is 6.31. The van der Waals surface area contributed by atoms with Gasteiger partial charge in [-0.15, -0.1) is 0 Å². The van der Waals surface area contributed by atoms with Crippen LogP contribution in [0.25, 0.3) is 0 Å². The lowest BCUT2D eigenvalue weighted by Gasteiger charge is -2.27. The van der Waals surface area contributed by atoms with Gasteiger partial charge < -0.3 is 10.1 Å². The summed E-state index contributed by atoms with van der Waals surface area (Å²) < 4.78 is 5.05. The zero-order valence-corrected chi connectivity index (χ0v) is 7.92. The SMILES string of the molecule is Clc1cnccc1CNC1COC1. The van der Waals surface area contributed by atoms with Crippen molar-refractivity contribution in [1.29, 1.82) is 0 Å². The third-order valence-corrected chi connectivity index (χ3v) is 2.42. The summed E-state index contributed by atoms with van der Waals surface area (Å²) in [4.78, 5) is 3.92. The van der Waals surface area contributed by atoms with Crippen molar-refractivity contribution in [3.8, 4) is 0 Å². The van der Waals surface area contributed by atoms with Gasteiger partial charge in [-0.25, -0.2) is 0 Å². The van der Waals surface area contributed by atoms with Gasteiger partial charge in [0.05, 0.1) is 24.3 Å². The number of hydrogen-bond acceptors (Lipinski definition) is 3. The summed E-state index contributed by atoms with van der Waals surface area (Å²) in [5.74, 6) is 0. The van der Waals surface area contributed by atoms with Crippen LogP contribution in [0, 0.1) is 0 Å². The predicted molar refractivity (Wildman–Crippen MR) is 50.7 cm³/mol. The van der Waals surface area contributed by atoms with Crippen molar-refractivity contribution in [2.24, 2.45) is 0 Å². The molecule has 1 aromatic heterocycles. The number of ether oxygens (including phenoxy) is 1. The molecule has 0 spiro atoms. The Hall–Kier alpha value is -0.640. The Morgan fingerprint density at radius 2 is 2.46 bits per heavy atom. The van der Waals surface area contributed by atoms with E-state index >= 15 is 0 Å². The maximum Gasteiger partial charge on any atom is 0.0643 e. The molecule has 1 aliphatic heterocycles. The molecule has 0 aromatic carbocycles. The molecule has 1 aromatic rings. The summed E-state index contributed by atoms with van der Waals surface area (Å²) in [5.41, 5.74) is 1.09. The third kappa shape index (κ3) is 2.18. The monoisotopic (exact) mass is 198 g/mol. The molecule has 0 saturated carbocycles. The van der Waals surface area contributed by atoms with Crippen LogP contribution in [0.2, 0.25) is 5.02 Å². The second-order valence-corrected chi connectivity index (χ2v) is 3.49. The van der Waals surface area contributed by atoms with Crippen molar-refractivity contribution in [3.63, 3.8) is 0 Å². The lowest BCUT2D eigenvalue weighted by atomic mass is 10.2. The Morgan fingerprint density at radius 3 is 3.08 bits per heavy atom. The van der Waals surface area contributed by atoms with Crippen molar-refractivity contribution in [2.75, 3.05) is 13.2 Å². The molecule has 1 N–H and O–H groups in total. The van der Waals surface area contributed by atoms with Gasteiger partial charge in [0.15, 0.2) is 0 Å². The third-order valence-electron chi connectivity index (χ3n) is 2.08. The van der Waals surface area contributed by atoms with Crippen molar-refractivity contribution in [2.45, 2.75) is 12.6 Å². The van der Waals surface area contributed by atoms with E-state index in [4.69, 9.17) is 16.3 Å². The molecule has 2 heterocycles. The van der Waals surface area contributed by atoms with E-state index in [-0.39, 0.29) is 0 Å². The van der Waals surface area contributed by atoms with Gasteiger partial charge in [-0.1, -0.05) is 11.6 Å². The average Bonchev–Trinajstić information content (AvgIpc) is 2.05. The number of aromatic nitrogens is 1. The minimum absolute atomic E-state index is 0.490. The zero-order chi connectivity index (χ0) is 9.10. The summed E-state index contributed by atoms with van der Waals surface area (Å²) in [6.45, 7) is 2.40. The van der Waals surface area contributed by atoms with E-state index in [1.807, 2.05) is 6.07 Å². The summed E-state index contributed by atoms with van der Waals surface area (Å²) in [5, 5.41) is 4.06.